The quantitative estimate of drug-likeness (QED) is 0.752. The zero-order valence-corrected chi connectivity index (χ0v) is 10.5. The molecule has 0 saturated heterocycles. The molecule has 0 amide bonds. The Hall–Kier alpha value is -2.13. The standard InChI is InChI=1S/C16H15NO2/c17-14(16(18)19)9-12-6-3-5-11-8-10-4-1-2-7-13(10)15(11)12/h1-7,14H,8-9,17H2,(H,18,19). The van der Waals surface area contributed by atoms with Crippen LogP contribution in [-0.4, -0.2) is 17.1 Å². The Balaban J connectivity index is 2.06. The highest BCUT2D eigenvalue weighted by atomic mass is 16.4. The molecule has 1 atom stereocenters. The molecule has 1 unspecified atom stereocenters. The van der Waals surface area contributed by atoms with Crippen molar-refractivity contribution in [2.75, 3.05) is 0 Å². The van der Waals surface area contributed by atoms with Gasteiger partial charge in [-0.05, 0) is 40.7 Å². The van der Waals surface area contributed by atoms with Crippen LogP contribution < -0.4 is 5.73 Å². The summed E-state index contributed by atoms with van der Waals surface area (Å²) in [6.45, 7) is 0. The van der Waals surface area contributed by atoms with Crippen LogP contribution in [0.15, 0.2) is 42.5 Å². The summed E-state index contributed by atoms with van der Waals surface area (Å²) >= 11 is 0. The number of carbonyl (C=O) groups is 1. The number of nitrogens with two attached hydrogens (primary N) is 1. The van der Waals surface area contributed by atoms with E-state index in [0.29, 0.717) is 6.42 Å². The van der Waals surface area contributed by atoms with E-state index in [0.717, 1.165) is 12.0 Å². The highest BCUT2D eigenvalue weighted by Crippen LogP contribution is 2.38. The molecule has 0 saturated carbocycles. The van der Waals surface area contributed by atoms with Crippen molar-refractivity contribution in [2.45, 2.75) is 18.9 Å². The van der Waals surface area contributed by atoms with Crippen LogP contribution in [0.5, 0.6) is 0 Å². The number of rotatable bonds is 3. The van der Waals surface area contributed by atoms with Gasteiger partial charge in [-0.25, -0.2) is 0 Å². The summed E-state index contributed by atoms with van der Waals surface area (Å²) in [5.41, 5.74) is 11.6. The SMILES string of the molecule is NC(Cc1cccc2c1-c1ccccc1C2)C(=O)O. The molecule has 96 valence electrons. The van der Waals surface area contributed by atoms with Crippen LogP contribution in [0.4, 0.5) is 0 Å². The first-order valence-corrected chi connectivity index (χ1v) is 6.34. The van der Waals surface area contributed by atoms with Crippen molar-refractivity contribution in [3.05, 3.63) is 59.2 Å². The van der Waals surface area contributed by atoms with Crippen LogP contribution in [-0.2, 0) is 17.6 Å². The van der Waals surface area contributed by atoms with Gasteiger partial charge < -0.3 is 10.8 Å². The first-order valence-electron chi connectivity index (χ1n) is 6.34. The average Bonchev–Trinajstić information content (AvgIpc) is 2.77. The second-order valence-corrected chi connectivity index (χ2v) is 4.93. The van der Waals surface area contributed by atoms with Crippen LogP contribution in [0.2, 0.25) is 0 Å². The molecule has 0 radical (unpaired) electrons. The summed E-state index contributed by atoms with van der Waals surface area (Å²) in [6.07, 6.45) is 1.29. The molecular weight excluding hydrogens is 238 g/mol. The fourth-order valence-corrected chi connectivity index (χ4v) is 2.76. The molecule has 3 rings (SSSR count). The molecule has 1 aliphatic carbocycles. The minimum atomic E-state index is -0.955. The van der Waals surface area contributed by atoms with E-state index in [1.165, 1.54) is 22.3 Å². The lowest BCUT2D eigenvalue weighted by molar-refractivity contribution is -0.138. The number of aliphatic carboxylic acids is 1. The highest BCUT2D eigenvalue weighted by molar-refractivity contribution is 5.81. The maximum atomic E-state index is 10.9. The predicted molar refractivity (Wildman–Crippen MR) is 74.0 cm³/mol. The van der Waals surface area contributed by atoms with Crippen molar-refractivity contribution in [3.8, 4) is 11.1 Å². The van der Waals surface area contributed by atoms with Gasteiger partial charge in [-0.3, -0.25) is 4.79 Å². The molecule has 0 aliphatic heterocycles. The molecule has 0 aromatic heterocycles. The number of hydrogen-bond acceptors (Lipinski definition) is 2. The Labute approximate surface area is 111 Å². The number of carboxylic acids is 1. The van der Waals surface area contributed by atoms with E-state index < -0.39 is 12.0 Å². The molecule has 19 heavy (non-hydrogen) atoms. The molecule has 2 aromatic carbocycles. The van der Waals surface area contributed by atoms with Crippen LogP contribution in [0.25, 0.3) is 11.1 Å². The fourth-order valence-electron chi connectivity index (χ4n) is 2.76. The number of hydrogen-bond donors (Lipinski definition) is 2. The van der Waals surface area contributed by atoms with Gasteiger partial charge in [0.1, 0.15) is 6.04 Å². The van der Waals surface area contributed by atoms with E-state index in [1.807, 2.05) is 24.3 Å². The lowest BCUT2D eigenvalue weighted by Crippen LogP contribution is -2.32. The molecule has 0 spiro atoms. The van der Waals surface area contributed by atoms with Gasteiger partial charge in [0, 0.05) is 0 Å². The van der Waals surface area contributed by atoms with Crippen molar-refractivity contribution >= 4 is 5.97 Å². The summed E-state index contributed by atoms with van der Waals surface area (Å²) in [7, 11) is 0. The van der Waals surface area contributed by atoms with Gasteiger partial charge >= 0.3 is 5.97 Å². The molecule has 0 heterocycles. The Morgan fingerprint density at radius 1 is 1.16 bits per heavy atom. The third-order valence-electron chi connectivity index (χ3n) is 3.66. The lowest BCUT2D eigenvalue weighted by Gasteiger charge is -2.12. The van der Waals surface area contributed by atoms with Gasteiger partial charge in [-0.1, -0.05) is 42.5 Å². The maximum absolute atomic E-state index is 10.9. The molecule has 2 aromatic rings. The van der Waals surface area contributed by atoms with E-state index in [-0.39, 0.29) is 0 Å². The van der Waals surface area contributed by atoms with E-state index in [1.54, 1.807) is 0 Å². The van der Waals surface area contributed by atoms with Gasteiger partial charge in [-0.2, -0.15) is 0 Å². The minimum absolute atomic E-state index is 0.368. The Morgan fingerprint density at radius 2 is 1.89 bits per heavy atom. The van der Waals surface area contributed by atoms with Crippen molar-refractivity contribution in [3.63, 3.8) is 0 Å². The van der Waals surface area contributed by atoms with Crippen LogP contribution in [0.3, 0.4) is 0 Å². The summed E-state index contributed by atoms with van der Waals surface area (Å²) < 4.78 is 0. The second-order valence-electron chi connectivity index (χ2n) is 4.93. The van der Waals surface area contributed by atoms with Gasteiger partial charge in [0.25, 0.3) is 0 Å². The monoisotopic (exact) mass is 253 g/mol. The van der Waals surface area contributed by atoms with Crippen molar-refractivity contribution in [1.82, 2.24) is 0 Å². The topological polar surface area (TPSA) is 63.3 Å². The average molecular weight is 253 g/mol. The Kier molecular flexibility index (Phi) is 2.84. The normalized spacial score (nSPS) is 13.7. The van der Waals surface area contributed by atoms with Crippen LogP contribution in [0, 0.1) is 0 Å². The lowest BCUT2D eigenvalue weighted by atomic mass is 9.95. The number of fused-ring (bicyclic) bond motifs is 3. The number of benzene rings is 2. The summed E-state index contributed by atoms with van der Waals surface area (Å²) in [5, 5.41) is 8.96. The minimum Gasteiger partial charge on any atom is -0.480 e. The number of carboxylic acid groups (broad SMARTS) is 1. The Morgan fingerprint density at radius 3 is 2.68 bits per heavy atom. The molecule has 0 bridgehead atoms. The van der Waals surface area contributed by atoms with Crippen LogP contribution >= 0.6 is 0 Å². The molecule has 1 aliphatic rings. The molecule has 3 heteroatoms. The van der Waals surface area contributed by atoms with Gasteiger partial charge in [0.2, 0.25) is 0 Å². The van der Waals surface area contributed by atoms with Crippen molar-refractivity contribution < 1.29 is 9.90 Å². The van der Waals surface area contributed by atoms with Gasteiger partial charge in [0.05, 0.1) is 0 Å². The second kappa shape index (κ2) is 4.52. The predicted octanol–water partition coefficient (Wildman–Crippen LogP) is 2.21. The third-order valence-corrected chi connectivity index (χ3v) is 3.66. The third kappa shape index (κ3) is 2.02. The largest absolute Gasteiger partial charge is 0.480 e. The zero-order valence-electron chi connectivity index (χ0n) is 10.5. The maximum Gasteiger partial charge on any atom is 0.320 e. The Bertz CT molecular complexity index is 649. The molecule has 0 fully saturated rings. The van der Waals surface area contributed by atoms with Gasteiger partial charge in [0.15, 0.2) is 0 Å². The van der Waals surface area contributed by atoms with E-state index in [9.17, 15) is 4.79 Å². The van der Waals surface area contributed by atoms with Crippen molar-refractivity contribution in [1.29, 1.82) is 0 Å². The first-order chi connectivity index (χ1) is 9.16. The van der Waals surface area contributed by atoms with E-state index >= 15 is 0 Å². The summed E-state index contributed by atoms with van der Waals surface area (Å²) in [5.74, 6) is -0.955. The first kappa shape index (κ1) is 11.9. The van der Waals surface area contributed by atoms with Crippen LogP contribution in [0.1, 0.15) is 16.7 Å². The molecule has 3 nitrogen and oxygen atoms in total. The van der Waals surface area contributed by atoms with Crippen molar-refractivity contribution in [2.24, 2.45) is 5.73 Å². The smallest absolute Gasteiger partial charge is 0.320 e. The summed E-state index contributed by atoms with van der Waals surface area (Å²) in [6, 6.07) is 13.5. The molecule has 3 N–H and O–H groups in total. The highest BCUT2D eigenvalue weighted by Gasteiger charge is 2.22. The summed E-state index contributed by atoms with van der Waals surface area (Å²) in [4.78, 5) is 10.9. The fraction of sp³-hybridized carbons (Fsp3) is 0.188. The zero-order chi connectivity index (χ0) is 13.4. The molecular formula is C16H15NO2. The van der Waals surface area contributed by atoms with Gasteiger partial charge in [-0.15, -0.1) is 0 Å². The van der Waals surface area contributed by atoms with E-state index in [4.69, 9.17) is 10.8 Å². The van der Waals surface area contributed by atoms with E-state index in [2.05, 4.69) is 18.2 Å².